The lowest BCUT2D eigenvalue weighted by Crippen LogP contribution is -2.58. The van der Waals surface area contributed by atoms with Crippen molar-refractivity contribution in [3.05, 3.63) is 64.2 Å². The Bertz CT molecular complexity index is 937. The number of carbonyl (C=O) groups excluding carboxylic acids is 1. The summed E-state index contributed by atoms with van der Waals surface area (Å²) >= 11 is 6.23. The number of benzene rings is 2. The van der Waals surface area contributed by atoms with Crippen LogP contribution in [-0.4, -0.2) is 23.9 Å². The molecule has 0 unspecified atom stereocenters. The highest BCUT2D eigenvalue weighted by Crippen LogP contribution is 2.57. The topological polar surface area (TPSA) is 56.1 Å². The summed E-state index contributed by atoms with van der Waals surface area (Å²) in [6, 6.07) is 13.4. The Morgan fingerprint density at radius 1 is 1.26 bits per heavy atom. The van der Waals surface area contributed by atoms with Crippen LogP contribution in [0.1, 0.15) is 29.5 Å². The van der Waals surface area contributed by atoms with Gasteiger partial charge in [0.05, 0.1) is 18.2 Å². The molecule has 2 aliphatic rings. The standard InChI is InChI=1S/C20H16ClF2N3O/c21-15-7-8-17-16(9-15)20(14-5-6-14,13-3-1-12(10-24)2-4-13)26(11-18(22)23)19(27)25-17/h1-4,7-9,14,18H,5-6,11H2,(H,25,27)/t20-/m1/s1. The minimum Gasteiger partial charge on any atom is -0.307 e. The zero-order chi connectivity index (χ0) is 19.2. The first-order valence-electron chi connectivity index (χ1n) is 8.64. The van der Waals surface area contributed by atoms with E-state index in [0.717, 1.165) is 12.8 Å². The molecule has 2 amide bonds. The Labute approximate surface area is 160 Å². The predicted octanol–water partition coefficient (Wildman–Crippen LogP) is 4.98. The van der Waals surface area contributed by atoms with Gasteiger partial charge in [-0.1, -0.05) is 23.7 Å². The van der Waals surface area contributed by atoms with E-state index in [0.29, 0.717) is 27.4 Å². The van der Waals surface area contributed by atoms with E-state index in [1.165, 1.54) is 4.90 Å². The van der Waals surface area contributed by atoms with Gasteiger partial charge in [0.1, 0.15) is 5.54 Å². The fraction of sp³-hybridized carbons (Fsp3) is 0.300. The number of anilines is 1. The van der Waals surface area contributed by atoms with Crippen LogP contribution in [0.4, 0.5) is 19.3 Å². The van der Waals surface area contributed by atoms with Crippen molar-refractivity contribution in [2.75, 3.05) is 11.9 Å². The summed E-state index contributed by atoms with van der Waals surface area (Å²) in [5.41, 5.74) is 1.43. The zero-order valence-corrected chi connectivity index (χ0v) is 15.0. The number of nitrogens with one attached hydrogen (secondary N) is 1. The molecule has 1 fully saturated rings. The third kappa shape index (κ3) is 2.83. The van der Waals surface area contributed by atoms with Gasteiger partial charge in [0.25, 0.3) is 6.43 Å². The van der Waals surface area contributed by atoms with E-state index in [4.69, 9.17) is 16.9 Å². The van der Waals surface area contributed by atoms with Crippen molar-refractivity contribution in [1.82, 2.24) is 4.90 Å². The molecule has 0 bridgehead atoms. The third-order valence-corrected chi connectivity index (χ3v) is 5.48. The molecular weight excluding hydrogens is 372 g/mol. The minimum absolute atomic E-state index is 0.00690. The van der Waals surface area contributed by atoms with E-state index in [1.807, 2.05) is 0 Å². The van der Waals surface area contributed by atoms with Crippen LogP contribution in [0.5, 0.6) is 0 Å². The predicted molar refractivity (Wildman–Crippen MR) is 97.8 cm³/mol. The van der Waals surface area contributed by atoms with Gasteiger partial charge in [0, 0.05) is 16.3 Å². The molecule has 0 spiro atoms. The Balaban J connectivity index is 2.00. The van der Waals surface area contributed by atoms with Crippen LogP contribution in [-0.2, 0) is 5.54 Å². The summed E-state index contributed by atoms with van der Waals surface area (Å²) in [6.07, 6.45) is -1.04. The molecule has 1 N–H and O–H groups in total. The Hall–Kier alpha value is -2.65. The summed E-state index contributed by atoms with van der Waals surface area (Å²) in [5, 5.41) is 12.3. The number of halogens is 3. The van der Waals surface area contributed by atoms with E-state index in [-0.39, 0.29) is 5.92 Å². The van der Waals surface area contributed by atoms with E-state index in [1.54, 1.807) is 42.5 Å². The van der Waals surface area contributed by atoms with Gasteiger partial charge in [-0.15, -0.1) is 0 Å². The number of rotatable bonds is 4. The Morgan fingerprint density at radius 3 is 2.56 bits per heavy atom. The molecule has 1 aliphatic heterocycles. The van der Waals surface area contributed by atoms with E-state index < -0.39 is 24.5 Å². The summed E-state index contributed by atoms with van der Waals surface area (Å²) in [7, 11) is 0. The van der Waals surface area contributed by atoms with Crippen molar-refractivity contribution in [2.24, 2.45) is 5.92 Å². The van der Waals surface area contributed by atoms with E-state index in [9.17, 15) is 13.6 Å². The molecule has 1 aliphatic carbocycles. The highest BCUT2D eigenvalue weighted by atomic mass is 35.5. The Kier molecular flexibility index (Phi) is 4.27. The summed E-state index contributed by atoms with van der Waals surface area (Å²) < 4.78 is 26.8. The van der Waals surface area contributed by atoms with Crippen LogP contribution >= 0.6 is 11.6 Å². The second kappa shape index (κ2) is 6.50. The normalized spacial score (nSPS) is 21.6. The number of hydrogen-bond donors (Lipinski definition) is 1. The Morgan fingerprint density at radius 2 is 1.96 bits per heavy atom. The maximum atomic E-state index is 13.4. The first-order chi connectivity index (χ1) is 13.0. The molecule has 2 aromatic rings. The average Bonchev–Trinajstić information content (AvgIpc) is 3.48. The van der Waals surface area contributed by atoms with Gasteiger partial charge in [-0.3, -0.25) is 0 Å². The fourth-order valence-electron chi connectivity index (χ4n) is 4.08. The van der Waals surface area contributed by atoms with E-state index in [2.05, 4.69) is 11.4 Å². The quantitative estimate of drug-likeness (QED) is 0.804. The number of hydrogen-bond acceptors (Lipinski definition) is 2. The fourth-order valence-corrected chi connectivity index (χ4v) is 4.25. The molecule has 4 nitrogen and oxygen atoms in total. The SMILES string of the molecule is N#Cc1ccc([C@@]2(C3CC3)c3cc(Cl)ccc3NC(=O)N2CC(F)F)cc1. The largest absolute Gasteiger partial charge is 0.323 e. The molecule has 4 rings (SSSR count). The van der Waals surface area contributed by atoms with Gasteiger partial charge < -0.3 is 10.2 Å². The van der Waals surface area contributed by atoms with Crippen LogP contribution in [0.2, 0.25) is 5.02 Å². The molecule has 0 aromatic heterocycles. The van der Waals surface area contributed by atoms with Crippen LogP contribution in [0.15, 0.2) is 42.5 Å². The van der Waals surface area contributed by atoms with E-state index >= 15 is 0 Å². The highest BCUT2D eigenvalue weighted by Gasteiger charge is 2.57. The molecule has 138 valence electrons. The smallest absolute Gasteiger partial charge is 0.307 e. The lowest BCUT2D eigenvalue weighted by molar-refractivity contribution is 0.0504. The highest BCUT2D eigenvalue weighted by molar-refractivity contribution is 6.30. The average molecular weight is 388 g/mol. The summed E-state index contributed by atoms with van der Waals surface area (Å²) in [6.45, 7) is -0.686. The molecule has 0 radical (unpaired) electrons. The number of fused-ring (bicyclic) bond motifs is 1. The molecular formula is C20H16ClF2N3O. The lowest BCUT2D eigenvalue weighted by Gasteiger charge is -2.49. The number of urea groups is 1. The first kappa shape index (κ1) is 17.7. The second-order valence-corrected chi connectivity index (χ2v) is 7.29. The van der Waals surface area contributed by atoms with Crippen LogP contribution < -0.4 is 5.32 Å². The van der Waals surface area contributed by atoms with Crippen LogP contribution in [0, 0.1) is 17.2 Å². The number of alkyl halides is 2. The van der Waals surface area contributed by atoms with Crippen LogP contribution in [0.3, 0.4) is 0 Å². The van der Waals surface area contributed by atoms with Gasteiger partial charge in [-0.25, -0.2) is 13.6 Å². The molecule has 27 heavy (non-hydrogen) atoms. The molecule has 2 aromatic carbocycles. The van der Waals surface area contributed by atoms with Crippen molar-refractivity contribution < 1.29 is 13.6 Å². The van der Waals surface area contributed by atoms with Crippen molar-refractivity contribution in [3.63, 3.8) is 0 Å². The molecule has 7 heteroatoms. The van der Waals surface area contributed by atoms with Crippen LogP contribution in [0.25, 0.3) is 0 Å². The van der Waals surface area contributed by atoms with Gasteiger partial charge in [-0.2, -0.15) is 5.26 Å². The minimum atomic E-state index is -2.67. The van der Waals surface area contributed by atoms with Gasteiger partial charge in [0.15, 0.2) is 0 Å². The number of carbonyl (C=O) groups is 1. The van der Waals surface area contributed by atoms with Crippen molar-refractivity contribution in [1.29, 1.82) is 5.26 Å². The van der Waals surface area contributed by atoms with Crippen molar-refractivity contribution in [3.8, 4) is 6.07 Å². The lowest BCUT2D eigenvalue weighted by atomic mass is 9.75. The number of nitriles is 1. The monoisotopic (exact) mass is 387 g/mol. The van der Waals surface area contributed by atoms with Crippen molar-refractivity contribution >= 4 is 23.3 Å². The number of amides is 2. The number of nitrogens with zero attached hydrogens (tertiary/aromatic N) is 2. The first-order valence-corrected chi connectivity index (χ1v) is 9.02. The van der Waals surface area contributed by atoms with Gasteiger partial charge >= 0.3 is 6.03 Å². The summed E-state index contributed by atoms with van der Waals surface area (Å²) in [5.74, 6) is 0.00690. The molecule has 0 saturated heterocycles. The van der Waals surface area contributed by atoms with Gasteiger partial charge in [-0.05, 0) is 54.7 Å². The third-order valence-electron chi connectivity index (χ3n) is 5.25. The van der Waals surface area contributed by atoms with Crippen molar-refractivity contribution in [2.45, 2.75) is 24.8 Å². The summed E-state index contributed by atoms with van der Waals surface area (Å²) in [4.78, 5) is 14.0. The molecule has 1 atom stereocenters. The zero-order valence-electron chi connectivity index (χ0n) is 14.3. The second-order valence-electron chi connectivity index (χ2n) is 6.85. The van der Waals surface area contributed by atoms with Gasteiger partial charge in [0.2, 0.25) is 0 Å². The molecule has 1 saturated carbocycles. The maximum absolute atomic E-state index is 13.4. The maximum Gasteiger partial charge on any atom is 0.323 e. The molecule has 1 heterocycles.